The van der Waals surface area contributed by atoms with Gasteiger partial charge in [-0.25, -0.2) is 9.78 Å². The lowest BCUT2D eigenvalue weighted by atomic mass is 10.00. The summed E-state index contributed by atoms with van der Waals surface area (Å²) in [5, 5.41) is 0. The summed E-state index contributed by atoms with van der Waals surface area (Å²) in [6.45, 7) is 9.96. The summed E-state index contributed by atoms with van der Waals surface area (Å²) in [5.41, 5.74) is 4.13. The molecule has 246 valence electrons. The number of hydrogen-bond acceptors (Lipinski definition) is 5. The average molecular weight is 634 g/mol. The first-order valence-electron chi connectivity index (χ1n) is 17.0. The Morgan fingerprint density at radius 1 is 0.787 bits per heavy atom. The quantitative estimate of drug-likeness (QED) is 0.211. The van der Waals surface area contributed by atoms with Crippen LogP contribution in [-0.4, -0.2) is 80.1 Å². The fourth-order valence-electron chi connectivity index (χ4n) is 6.92. The van der Waals surface area contributed by atoms with Gasteiger partial charge in [0.15, 0.2) is 5.69 Å². The first-order valence-corrected chi connectivity index (χ1v) is 17.0. The van der Waals surface area contributed by atoms with Crippen molar-refractivity contribution in [3.8, 4) is 11.3 Å². The smallest absolute Gasteiger partial charge is 0.410 e. The maximum Gasteiger partial charge on any atom is 0.410 e. The van der Waals surface area contributed by atoms with E-state index in [0.29, 0.717) is 25.3 Å². The lowest BCUT2D eigenvalue weighted by Gasteiger charge is -2.41. The van der Waals surface area contributed by atoms with Gasteiger partial charge in [0, 0.05) is 50.9 Å². The number of aromatic nitrogens is 2. The van der Waals surface area contributed by atoms with Crippen LogP contribution in [0.4, 0.5) is 4.79 Å². The van der Waals surface area contributed by atoms with Gasteiger partial charge in [0.1, 0.15) is 5.60 Å². The lowest BCUT2D eigenvalue weighted by molar-refractivity contribution is 0.00781. The monoisotopic (exact) mass is 633 g/mol. The van der Waals surface area contributed by atoms with Crippen LogP contribution >= 0.6 is 0 Å². The molecule has 1 aromatic heterocycles. The van der Waals surface area contributed by atoms with Gasteiger partial charge in [0.05, 0.1) is 18.1 Å². The maximum atomic E-state index is 14.6. The van der Waals surface area contributed by atoms with Gasteiger partial charge in [-0.2, -0.15) is 0 Å². The van der Waals surface area contributed by atoms with Gasteiger partial charge in [-0.05, 0) is 57.6 Å². The Kier molecular flexibility index (Phi) is 10.1. The van der Waals surface area contributed by atoms with Crippen LogP contribution in [0.25, 0.3) is 11.3 Å². The SMILES string of the molecule is CC(C)(C)OC(=O)N1CCCCC1Cn1cnc(C(=O)N2CCN(Cc3ccccc3)C[C@H]2Cc2ccccc2)c1-c1ccccc1. The lowest BCUT2D eigenvalue weighted by Crippen LogP contribution is -2.55. The van der Waals surface area contributed by atoms with Gasteiger partial charge >= 0.3 is 6.09 Å². The van der Waals surface area contributed by atoms with Gasteiger partial charge in [-0.1, -0.05) is 91.0 Å². The minimum atomic E-state index is -0.565. The zero-order chi connectivity index (χ0) is 32.8. The Hall–Kier alpha value is -4.43. The van der Waals surface area contributed by atoms with Gasteiger partial charge < -0.3 is 19.1 Å². The number of benzene rings is 3. The van der Waals surface area contributed by atoms with Crippen molar-refractivity contribution in [1.82, 2.24) is 24.3 Å². The highest BCUT2D eigenvalue weighted by Crippen LogP contribution is 2.29. The molecular weight excluding hydrogens is 586 g/mol. The minimum absolute atomic E-state index is 0.00265. The van der Waals surface area contributed by atoms with E-state index in [4.69, 9.17) is 9.72 Å². The molecule has 0 saturated carbocycles. The Morgan fingerprint density at radius 2 is 1.45 bits per heavy atom. The second-order valence-electron chi connectivity index (χ2n) is 13.8. The van der Waals surface area contributed by atoms with Crippen LogP contribution in [0.2, 0.25) is 0 Å². The molecule has 0 aliphatic carbocycles. The summed E-state index contributed by atoms with van der Waals surface area (Å²) >= 11 is 0. The molecule has 2 aliphatic heterocycles. The number of rotatable bonds is 8. The summed E-state index contributed by atoms with van der Waals surface area (Å²) in [6, 6.07) is 31.0. The zero-order valence-electron chi connectivity index (χ0n) is 27.9. The summed E-state index contributed by atoms with van der Waals surface area (Å²) in [4.78, 5) is 39.1. The summed E-state index contributed by atoms with van der Waals surface area (Å²) in [5.74, 6) is -0.0458. The van der Waals surface area contributed by atoms with E-state index in [1.165, 1.54) is 11.1 Å². The number of carbonyl (C=O) groups excluding carboxylic acids is 2. The van der Waals surface area contributed by atoms with Gasteiger partial charge in [0.2, 0.25) is 0 Å². The maximum absolute atomic E-state index is 14.6. The highest BCUT2D eigenvalue weighted by Gasteiger charge is 2.35. The molecule has 2 aliphatic rings. The highest BCUT2D eigenvalue weighted by molar-refractivity contribution is 5.98. The Bertz CT molecular complexity index is 1620. The molecule has 8 nitrogen and oxygen atoms in total. The van der Waals surface area contributed by atoms with Crippen molar-refractivity contribution < 1.29 is 14.3 Å². The Labute approximate surface area is 279 Å². The molecule has 2 fully saturated rings. The van der Waals surface area contributed by atoms with Crippen LogP contribution < -0.4 is 0 Å². The van der Waals surface area contributed by atoms with Crippen LogP contribution in [-0.2, 0) is 24.2 Å². The van der Waals surface area contributed by atoms with E-state index in [2.05, 4.69) is 58.0 Å². The fraction of sp³-hybridized carbons (Fsp3) is 0.410. The van der Waals surface area contributed by atoms with Crippen LogP contribution in [0.1, 0.15) is 61.6 Å². The molecule has 2 saturated heterocycles. The number of amides is 2. The highest BCUT2D eigenvalue weighted by atomic mass is 16.6. The minimum Gasteiger partial charge on any atom is -0.444 e. The van der Waals surface area contributed by atoms with E-state index in [0.717, 1.165) is 56.6 Å². The molecule has 47 heavy (non-hydrogen) atoms. The molecule has 6 rings (SSSR count). The van der Waals surface area contributed by atoms with Crippen molar-refractivity contribution in [3.63, 3.8) is 0 Å². The molecule has 1 unspecified atom stereocenters. The molecule has 3 aromatic carbocycles. The van der Waals surface area contributed by atoms with Crippen LogP contribution in [0.3, 0.4) is 0 Å². The summed E-state index contributed by atoms with van der Waals surface area (Å²) < 4.78 is 7.86. The second-order valence-corrected chi connectivity index (χ2v) is 13.8. The van der Waals surface area contributed by atoms with Crippen molar-refractivity contribution in [3.05, 3.63) is 114 Å². The zero-order valence-corrected chi connectivity index (χ0v) is 27.9. The number of piperazine rings is 1. The topological polar surface area (TPSA) is 70.9 Å². The first kappa shape index (κ1) is 32.5. The number of carbonyl (C=O) groups is 2. The van der Waals surface area contributed by atoms with E-state index >= 15 is 0 Å². The van der Waals surface area contributed by atoms with E-state index in [9.17, 15) is 9.59 Å². The average Bonchev–Trinajstić information content (AvgIpc) is 3.49. The molecular formula is C39H47N5O3. The number of imidazole rings is 1. The predicted octanol–water partition coefficient (Wildman–Crippen LogP) is 6.91. The van der Waals surface area contributed by atoms with Gasteiger partial charge in [-0.3, -0.25) is 9.69 Å². The van der Waals surface area contributed by atoms with Crippen LogP contribution in [0, 0.1) is 0 Å². The Morgan fingerprint density at radius 3 is 2.13 bits per heavy atom. The normalized spacial score (nSPS) is 19.0. The number of piperidine rings is 1. The van der Waals surface area contributed by atoms with E-state index in [1.54, 1.807) is 6.33 Å². The van der Waals surface area contributed by atoms with Gasteiger partial charge in [0.25, 0.3) is 5.91 Å². The third-order valence-electron chi connectivity index (χ3n) is 9.14. The molecule has 0 bridgehead atoms. The molecule has 0 spiro atoms. The standard InChI is InChI=1S/C39H47N5O3/c1-39(2,3)47-38(46)44-22-14-13-21-33(44)28-42-29-40-35(36(42)32-19-11-6-12-20-32)37(45)43-24-23-41(26-31-17-9-5-10-18-31)27-34(43)25-30-15-7-4-8-16-30/h4-12,15-20,29,33-34H,13-14,21-28H2,1-3H3/t33?,34-/m1/s1. The van der Waals surface area contributed by atoms with E-state index < -0.39 is 5.60 Å². The van der Waals surface area contributed by atoms with Crippen LogP contribution in [0.15, 0.2) is 97.3 Å². The largest absolute Gasteiger partial charge is 0.444 e. The van der Waals surface area contributed by atoms with Crippen molar-refractivity contribution in [1.29, 1.82) is 0 Å². The molecule has 3 heterocycles. The number of nitrogens with zero attached hydrogens (tertiary/aromatic N) is 5. The van der Waals surface area contributed by atoms with E-state index in [1.807, 2.05) is 73.0 Å². The van der Waals surface area contributed by atoms with Crippen molar-refractivity contribution in [2.24, 2.45) is 0 Å². The number of hydrogen-bond donors (Lipinski definition) is 0. The summed E-state index contributed by atoms with van der Waals surface area (Å²) in [7, 11) is 0. The first-order chi connectivity index (χ1) is 22.7. The van der Waals surface area contributed by atoms with Crippen molar-refractivity contribution in [2.75, 3.05) is 26.2 Å². The molecule has 2 amide bonds. The number of ether oxygens (including phenoxy) is 1. The third kappa shape index (κ3) is 8.11. The summed E-state index contributed by atoms with van der Waals surface area (Å²) in [6.07, 6.45) is 5.14. The Balaban J connectivity index is 1.29. The molecule has 0 N–H and O–H groups in total. The van der Waals surface area contributed by atoms with Gasteiger partial charge in [-0.15, -0.1) is 0 Å². The van der Waals surface area contributed by atoms with Crippen LogP contribution in [0.5, 0.6) is 0 Å². The third-order valence-corrected chi connectivity index (χ3v) is 9.14. The predicted molar refractivity (Wildman–Crippen MR) is 185 cm³/mol. The second kappa shape index (κ2) is 14.6. The number of likely N-dealkylation sites (tertiary alicyclic amines) is 1. The molecule has 8 heteroatoms. The molecule has 2 atom stereocenters. The van der Waals surface area contributed by atoms with Crippen molar-refractivity contribution in [2.45, 2.75) is 77.2 Å². The molecule has 0 radical (unpaired) electrons. The van der Waals surface area contributed by atoms with E-state index in [-0.39, 0.29) is 24.1 Å². The fourth-order valence-corrected chi connectivity index (χ4v) is 6.92. The molecule has 4 aromatic rings. The van der Waals surface area contributed by atoms with Crippen molar-refractivity contribution >= 4 is 12.0 Å².